The van der Waals surface area contributed by atoms with Gasteiger partial charge in [0.25, 0.3) is 0 Å². The van der Waals surface area contributed by atoms with Gasteiger partial charge >= 0.3 is 5.97 Å². The van der Waals surface area contributed by atoms with Crippen LogP contribution in [0.3, 0.4) is 0 Å². The van der Waals surface area contributed by atoms with E-state index in [4.69, 9.17) is 14.2 Å². The van der Waals surface area contributed by atoms with E-state index in [1.54, 1.807) is 13.2 Å². The summed E-state index contributed by atoms with van der Waals surface area (Å²) < 4.78 is 30.3. The van der Waals surface area contributed by atoms with Gasteiger partial charge in [-0.1, -0.05) is 30.3 Å². The van der Waals surface area contributed by atoms with E-state index in [2.05, 4.69) is 9.80 Å². The summed E-state index contributed by atoms with van der Waals surface area (Å²) in [6, 6.07) is 12.7. The standard InChI is InChI=1S/C23H29FN2O4/c1-28-21-13-19(20(24)14-22(21)29-2)15-25-9-6-10-26(12-11-25)16-23(27)30-17-18-7-4-3-5-8-18/h3-5,7-8,13-14H,6,9-12,15-17H2,1-2H3. The zero-order valence-corrected chi connectivity index (χ0v) is 17.6. The van der Waals surface area contributed by atoms with Gasteiger partial charge < -0.3 is 14.2 Å². The van der Waals surface area contributed by atoms with Crippen LogP contribution < -0.4 is 9.47 Å². The Morgan fingerprint density at radius 1 is 0.967 bits per heavy atom. The summed E-state index contributed by atoms with van der Waals surface area (Å²) >= 11 is 0. The second-order valence-electron chi connectivity index (χ2n) is 7.35. The lowest BCUT2D eigenvalue weighted by Crippen LogP contribution is -2.34. The Kier molecular flexibility index (Phi) is 8.04. The Labute approximate surface area is 177 Å². The van der Waals surface area contributed by atoms with Crippen molar-refractivity contribution in [1.29, 1.82) is 0 Å². The minimum absolute atomic E-state index is 0.224. The first-order valence-electron chi connectivity index (χ1n) is 10.1. The molecule has 1 saturated heterocycles. The van der Waals surface area contributed by atoms with E-state index >= 15 is 0 Å². The zero-order valence-electron chi connectivity index (χ0n) is 17.6. The van der Waals surface area contributed by atoms with E-state index in [1.807, 2.05) is 30.3 Å². The molecule has 0 aromatic heterocycles. The van der Waals surface area contributed by atoms with Crippen LogP contribution in [0, 0.1) is 5.82 Å². The highest BCUT2D eigenvalue weighted by Gasteiger charge is 2.20. The molecule has 0 aliphatic carbocycles. The molecule has 2 aromatic rings. The highest BCUT2D eigenvalue weighted by Crippen LogP contribution is 2.30. The van der Waals surface area contributed by atoms with Crippen LogP contribution in [0.25, 0.3) is 0 Å². The van der Waals surface area contributed by atoms with Crippen molar-refractivity contribution in [2.24, 2.45) is 0 Å². The molecule has 0 bridgehead atoms. The molecule has 30 heavy (non-hydrogen) atoms. The van der Waals surface area contributed by atoms with Crippen LogP contribution in [-0.2, 0) is 22.7 Å². The quantitative estimate of drug-likeness (QED) is 0.617. The number of benzene rings is 2. The molecule has 0 spiro atoms. The van der Waals surface area contributed by atoms with Crippen LogP contribution in [0.1, 0.15) is 17.5 Å². The molecule has 0 unspecified atom stereocenters. The lowest BCUT2D eigenvalue weighted by Gasteiger charge is -2.22. The van der Waals surface area contributed by atoms with Crippen LogP contribution in [0.2, 0.25) is 0 Å². The summed E-state index contributed by atoms with van der Waals surface area (Å²) in [6.07, 6.45) is 0.904. The van der Waals surface area contributed by atoms with Gasteiger partial charge in [-0.25, -0.2) is 4.39 Å². The lowest BCUT2D eigenvalue weighted by atomic mass is 10.1. The van der Waals surface area contributed by atoms with Crippen LogP contribution in [0.4, 0.5) is 4.39 Å². The predicted molar refractivity (Wildman–Crippen MR) is 112 cm³/mol. The highest BCUT2D eigenvalue weighted by atomic mass is 19.1. The van der Waals surface area contributed by atoms with Gasteiger partial charge in [0.1, 0.15) is 12.4 Å². The van der Waals surface area contributed by atoms with Crippen molar-refractivity contribution >= 4 is 5.97 Å². The van der Waals surface area contributed by atoms with Gasteiger partial charge in [-0.15, -0.1) is 0 Å². The van der Waals surface area contributed by atoms with Crippen molar-refractivity contribution in [3.8, 4) is 11.5 Å². The third kappa shape index (κ3) is 6.18. The lowest BCUT2D eigenvalue weighted by molar-refractivity contribution is -0.146. The average molecular weight is 416 g/mol. The number of hydrogen-bond donors (Lipinski definition) is 0. The van der Waals surface area contributed by atoms with Gasteiger partial charge in [-0.05, 0) is 24.6 Å². The minimum atomic E-state index is -0.307. The average Bonchev–Trinajstić information content (AvgIpc) is 2.99. The van der Waals surface area contributed by atoms with Crippen LogP contribution in [0.5, 0.6) is 11.5 Å². The normalized spacial score (nSPS) is 15.4. The van der Waals surface area contributed by atoms with Gasteiger partial charge in [0.2, 0.25) is 0 Å². The molecule has 6 nitrogen and oxygen atoms in total. The maximum Gasteiger partial charge on any atom is 0.320 e. The zero-order chi connectivity index (χ0) is 21.3. The molecule has 0 amide bonds. The number of carbonyl (C=O) groups is 1. The second kappa shape index (κ2) is 10.9. The van der Waals surface area contributed by atoms with Crippen LogP contribution in [0.15, 0.2) is 42.5 Å². The molecular weight excluding hydrogens is 387 g/mol. The van der Waals surface area contributed by atoms with E-state index < -0.39 is 0 Å². The van der Waals surface area contributed by atoms with E-state index in [9.17, 15) is 9.18 Å². The summed E-state index contributed by atoms with van der Waals surface area (Å²) in [4.78, 5) is 16.5. The Balaban J connectivity index is 1.49. The van der Waals surface area contributed by atoms with Gasteiger partial charge in [0.05, 0.1) is 20.8 Å². The third-order valence-corrected chi connectivity index (χ3v) is 5.22. The smallest absolute Gasteiger partial charge is 0.320 e. The first kappa shape index (κ1) is 22.1. The van der Waals surface area contributed by atoms with Crippen molar-refractivity contribution in [3.05, 3.63) is 59.4 Å². The van der Waals surface area contributed by atoms with Gasteiger partial charge in [-0.2, -0.15) is 0 Å². The Hall–Kier alpha value is -2.64. The number of nitrogens with zero attached hydrogens (tertiary/aromatic N) is 2. The molecule has 0 radical (unpaired) electrons. The van der Waals surface area contributed by atoms with Gasteiger partial charge in [0.15, 0.2) is 11.5 Å². The fourth-order valence-electron chi connectivity index (χ4n) is 3.57. The summed E-state index contributed by atoms with van der Waals surface area (Å²) in [5.74, 6) is 0.373. The summed E-state index contributed by atoms with van der Waals surface area (Å²) in [6.45, 7) is 4.17. The van der Waals surface area contributed by atoms with Crippen molar-refractivity contribution < 1.29 is 23.4 Å². The number of methoxy groups -OCH3 is 2. The third-order valence-electron chi connectivity index (χ3n) is 5.22. The summed E-state index contributed by atoms with van der Waals surface area (Å²) in [7, 11) is 3.03. The maximum atomic E-state index is 14.4. The Bertz CT molecular complexity index is 831. The molecule has 7 heteroatoms. The Morgan fingerprint density at radius 2 is 1.63 bits per heavy atom. The van der Waals surface area contributed by atoms with Crippen molar-refractivity contribution in [2.75, 3.05) is 46.9 Å². The largest absolute Gasteiger partial charge is 0.493 e. The Morgan fingerprint density at radius 3 is 2.37 bits per heavy atom. The molecule has 1 fully saturated rings. The second-order valence-corrected chi connectivity index (χ2v) is 7.35. The molecule has 1 aliphatic rings. The SMILES string of the molecule is COc1cc(F)c(CN2CCCN(CC(=O)OCc3ccccc3)CC2)cc1OC. The molecule has 1 heterocycles. The molecular formula is C23H29FN2O4. The van der Waals surface area contributed by atoms with Crippen molar-refractivity contribution in [1.82, 2.24) is 9.80 Å². The molecule has 162 valence electrons. The van der Waals surface area contributed by atoms with E-state index in [0.29, 0.717) is 23.6 Å². The number of rotatable bonds is 8. The first-order chi connectivity index (χ1) is 14.6. The van der Waals surface area contributed by atoms with E-state index in [-0.39, 0.29) is 24.9 Å². The van der Waals surface area contributed by atoms with Crippen molar-refractivity contribution in [3.63, 3.8) is 0 Å². The van der Waals surface area contributed by atoms with Crippen LogP contribution >= 0.6 is 0 Å². The van der Waals surface area contributed by atoms with Crippen LogP contribution in [-0.4, -0.2) is 62.7 Å². The molecule has 0 saturated carbocycles. The van der Waals surface area contributed by atoms with Gasteiger partial charge in [-0.3, -0.25) is 14.6 Å². The number of halogens is 1. The summed E-state index contributed by atoms with van der Waals surface area (Å²) in [5.41, 5.74) is 1.55. The predicted octanol–water partition coefficient (Wildman–Crippen LogP) is 3.09. The molecule has 2 aromatic carbocycles. The fraction of sp³-hybridized carbons (Fsp3) is 0.435. The first-order valence-corrected chi connectivity index (χ1v) is 10.1. The highest BCUT2D eigenvalue weighted by molar-refractivity contribution is 5.71. The van der Waals surface area contributed by atoms with Gasteiger partial charge in [0, 0.05) is 37.8 Å². The minimum Gasteiger partial charge on any atom is -0.493 e. The maximum absolute atomic E-state index is 14.4. The molecule has 3 rings (SSSR count). The van der Waals surface area contributed by atoms with Crippen molar-refractivity contribution in [2.45, 2.75) is 19.6 Å². The number of hydrogen-bond acceptors (Lipinski definition) is 6. The number of esters is 1. The van der Waals surface area contributed by atoms with E-state index in [0.717, 1.165) is 38.2 Å². The monoisotopic (exact) mass is 416 g/mol. The number of carbonyl (C=O) groups excluding carboxylic acids is 1. The molecule has 0 N–H and O–H groups in total. The molecule has 0 atom stereocenters. The number of ether oxygens (including phenoxy) is 3. The fourth-order valence-corrected chi connectivity index (χ4v) is 3.57. The topological polar surface area (TPSA) is 51.2 Å². The summed E-state index contributed by atoms with van der Waals surface area (Å²) in [5, 5.41) is 0. The van der Waals surface area contributed by atoms with E-state index in [1.165, 1.54) is 13.2 Å². The molecule has 1 aliphatic heterocycles.